The number of nitriles is 1. The van der Waals surface area contributed by atoms with Gasteiger partial charge in [0.05, 0.1) is 10.6 Å². The summed E-state index contributed by atoms with van der Waals surface area (Å²) in [5.41, 5.74) is -0.388. The van der Waals surface area contributed by atoms with E-state index >= 15 is 0 Å². The number of esters is 1. The van der Waals surface area contributed by atoms with Crippen LogP contribution in [0.4, 0.5) is 10.5 Å². The van der Waals surface area contributed by atoms with Crippen molar-refractivity contribution in [3.8, 4) is 6.07 Å². The molecule has 3 rings (SSSR count). The Hall–Kier alpha value is -3.12. The molecule has 1 heterocycles. The summed E-state index contributed by atoms with van der Waals surface area (Å²) in [5.74, 6) is -1.89. The molecule has 146 valence electrons. The molecule has 2 fully saturated rings. The molecule has 1 saturated heterocycles. The first-order valence-corrected chi connectivity index (χ1v) is 8.91. The summed E-state index contributed by atoms with van der Waals surface area (Å²) in [6, 6.07) is 5.57. The van der Waals surface area contributed by atoms with Crippen molar-refractivity contribution in [2.45, 2.75) is 25.3 Å². The Balaban J connectivity index is 1.49. The van der Waals surface area contributed by atoms with Crippen molar-refractivity contribution in [1.82, 2.24) is 10.2 Å². The van der Waals surface area contributed by atoms with Crippen LogP contribution in [0.3, 0.4) is 0 Å². The smallest absolute Gasteiger partial charge is 0.326 e. The lowest BCUT2D eigenvalue weighted by molar-refractivity contribution is -0.150. The second kappa shape index (κ2) is 7.48. The molecule has 0 aromatic heterocycles. The topological polar surface area (TPSA) is 129 Å². The number of hydrogen-bond acceptors (Lipinski definition) is 6. The standard InChI is InChI=1S/C18H17ClN4O5/c1-18(11-3-4-11)16(26)23(17(27)22-18)8-15(25)28-9-14(24)21-12-5-2-10(7-20)13(19)6-12/h2,5-6,11H,3-4,8-9H2,1H3,(H,21,24)(H,22,27)/t18-/m0/s1. The number of hydrogen-bond donors (Lipinski definition) is 2. The van der Waals surface area contributed by atoms with E-state index in [1.54, 1.807) is 6.92 Å². The molecule has 10 heteroatoms. The lowest BCUT2D eigenvalue weighted by atomic mass is 9.96. The van der Waals surface area contributed by atoms with Crippen molar-refractivity contribution in [3.63, 3.8) is 0 Å². The van der Waals surface area contributed by atoms with Crippen LogP contribution >= 0.6 is 11.6 Å². The quantitative estimate of drug-likeness (QED) is 0.545. The first kappa shape index (κ1) is 19.6. The van der Waals surface area contributed by atoms with Crippen LogP contribution in [0.15, 0.2) is 18.2 Å². The van der Waals surface area contributed by atoms with Crippen molar-refractivity contribution in [3.05, 3.63) is 28.8 Å². The molecule has 2 aliphatic rings. The number of carbonyl (C=O) groups excluding carboxylic acids is 4. The Kier molecular flexibility index (Phi) is 5.25. The molecule has 4 amide bonds. The van der Waals surface area contributed by atoms with Gasteiger partial charge in [-0.1, -0.05) is 11.6 Å². The third-order valence-corrected chi connectivity index (χ3v) is 5.03. The van der Waals surface area contributed by atoms with E-state index in [0.717, 1.165) is 17.7 Å². The highest BCUT2D eigenvalue weighted by atomic mass is 35.5. The summed E-state index contributed by atoms with van der Waals surface area (Å²) in [5, 5.41) is 14.1. The Labute approximate surface area is 165 Å². The maximum atomic E-state index is 12.4. The third-order valence-electron chi connectivity index (χ3n) is 4.72. The van der Waals surface area contributed by atoms with Crippen molar-refractivity contribution in [2.24, 2.45) is 5.92 Å². The maximum Gasteiger partial charge on any atom is 0.326 e. The molecule has 0 radical (unpaired) electrons. The van der Waals surface area contributed by atoms with E-state index in [1.807, 2.05) is 6.07 Å². The van der Waals surface area contributed by atoms with Gasteiger partial charge in [-0.3, -0.25) is 19.3 Å². The predicted molar refractivity (Wildman–Crippen MR) is 97.1 cm³/mol. The fourth-order valence-corrected chi connectivity index (χ4v) is 3.22. The van der Waals surface area contributed by atoms with Crippen LogP contribution in [-0.4, -0.2) is 47.4 Å². The maximum absolute atomic E-state index is 12.4. The highest BCUT2D eigenvalue weighted by Crippen LogP contribution is 2.42. The molecule has 1 aliphatic heterocycles. The molecule has 1 aliphatic carbocycles. The zero-order chi connectivity index (χ0) is 20.5. The molecule has 0 unspecified atom stereocenters. The lowest BCUT2D eigenvalue weighted by Crippen LogP contribution is -2.46. The molecular formula is C18H17ClN4O5. The largest absolute Gasteiger partial charge is 0.454 e. The summed E-state index contributed by atoms with van der Waals surface area (Å²) in [7, 11) is 0. The molecule has 1 saturated carbocycles. The van der Waals surface area contributed by atoms with Gasteiger partial charge in [0.2, 0.25) is 0 Å². The number of nitrogens with zero attached hydrogens (tertiary/aromatic N) is 2. The number of anilines is 1. The number of halogens is 1. The molecule has 1 aromatic rings. The molecule has 1 aromatic carbocycles. The minimum absolute atomic E-state index is 0.0787. The summed E-state index contributed by atoms with van der Waals surface area (Å²) < 4.78 is 4.84. The predicted octanol–water partition coefficient (Wildman–Crippen LogP) is 1.41. The fraction of sp³-hybridized carbons (Fsp3) is 0.389. The van der Waals surface area contributed by atoms with Crippen LogP contribution in [0.5, 0.6) is 0 Å². The van der Waals surface area contributed by atoms with Gasteiger partial charge in [-0.15, -0.1) is 0 Å². The highest BCUT2D eigenvalue weighted by molar-refractivity contribution is 6.32. The van der Waals surface area contributed by atoms with Crippen molar-refractivity contribution in [2.75, 3.05) is 18.5 Å². The van der Waals surface area contributed by atoms with Gasteiger partial charge in [-0.05, 0) is 43.9 Å². The van der Waals surface area contributed by atoms with Gasteiger partial charge in [0.25, 0.3) is 11.8 Å². The van der Waals surface area contributed by atoms with E-state index in [0.29, 0.717) is 5.69 Å². The van der Waals surface area contributed by atoms with E-state index < -0.39 is 42.5 Å². The zero-order valence-corrected chi connectivity index (χ0v) is 15.7. The van der Waals surface area contributed by atoms with Crippen LogP contribution in [-0.2, 0) is 19.1 Å². The summed E-state index contributed by atoms with van der Waals surface area (Å²) in [6.45, 7) is 0.481. The van der Waals surface area contributed by atoms with Crippen molar-refractivity contribution >= 4 is 41.1 Å². The van der Waals surface area contributed by atoms with Crippen molar-refractivity contribution in [1.29, 1.82) is 5.26 Å². The molecule has 28 heavy (non-hydrogen) atoms. The molecule has 0 bridgehead atoms. The minimum atomic E-state index is -0.983. The average molecular weight is 405 g/mol. The van der Waals surface area contributed by atoms with Crippen molar-refractivity contribution < 1.29 is 23.9 Å². The van der Waals surface area contributed by atoms with Gasteiger partial charge in [-0.2, -0.15) is 5.26 Å². The van der Waals surface area contributed by atoms with E-state index in [1.165, 1.54) is 18.2 Å². The van der Waals surface area contributed by atoms with Gasteiger partial charge in [-0.25, -0.2) is 4.79 Å². The van der Waals surface area contributed by atoms with E-state index in [2.05, 4.69) is 10.6 Å². The summed E-state index contributed by atoms with van der Waals surface area (Å²) >= 11 is 5.88. The second-order valence-electron chi connectivity index (χ2n) is 6.81. The SMILES string of the molecule is C[C@@]1(C2CC2)NC(=O)N(CC(=O)OCC(=O)Nc2ccc(C#N)c(Cl)c2)C1=O. The Morgan fingerprint density at radius 2 is 2.14 bits per heavy atom. The van der Waals surface area contributed by atoms with Gasteiger partial charge >= 0.3 is 12.0 Å². The van der Waals surface area contributed by atoms with Gasteiger partial charge < -0.3 is 15.4 Å². The summed E-state index contributed by atoms with van der Waals surface area (Å²) in [6.07, 6.45) is 1.70. The lowest BCUT2D eigenvalue weighted by Gasteiger charge is -2.20. The van der Waals surface area contributed by atoms with E-state index in [-0.39, 0.29) is 16.5 Å². The van der Waals surface area contributed by atoms with Gasteiger partial charge in [0, 0.05) is 5.69 Å². The monoisotopic (exact) mass is 404 g/mol. The Morgan fingerprint density at radius 1 is 1.43 bits per heavy atom. The van der Waals surface area contributed by atoms with E-state index in [4.69, 9.17) is 21.6 Å². The number of ether oxygens (including phenoxy) is 1. The molecule has 2 N–H and O–H groups in total. The van der Waals surface area contributed by atoms with Crippen LogP contribution in [0, 0.1) is 17.2 Å². The Bertz CT molecular complexity index is 908. The van der Waals surface area contributed by atoms with Crippen LogP contribution in [0.2, 0.25) is 5.02 Å². The first-order valence-electron chi connectivity index (χ1n) is 8.54. The molecule has 0 spiro atoms. The summed E-state index contributed by atoms with van der Waals surface area (Å²) in [4.78, 5) is 49.1. The number of rotatable bonds is 6. The highest BCUT2D eigenvalue weighted by Gasteiger charge is 2.56. The Morgan fingerprint density at radius 3 is 2.75 bits per heavy atom. The van der Waals surface area contributed by atoms with Gasteiger partial charge in [0.15, 0.2) is 6.61 Å². The molecular weight excluding hydrogens is 388 g/mol. The zero-order valence-electron chi connectivity index (χ0n) is 15.0. The van der Waals surface area contributed by atoms with Crippen LogP contribution < -0.4 is 10.6 Å². The van der Waals surface area contributed by atoms with Gasteiger partial charge in [0.1, 0.15) is 18.2 Å². The normalized spacial score (nSPS) is 21.1. The number of amides is 4. The first-order chi connectivity index (χ1) is 13.2. The average Bonchev–Trinajstić information content (AvgIpc) is 3.46. The third kappa shape index (κ3) is 3.92. The van der Waals surface area contributed by atoms with Crippen LogP contribution in [0.1, 0.15) is 25.3 Å². The minimum Gasteiger partial charge on any atom is -0.454 e. The number of urea groups is 1. The fourth-order valence-electron chi connectivity index (χ4n) is 3.00. The molecule has 1 atom stereocenters. The van der Waals surface area contributed by atoms with E-state index in [9.17, 15) is 19.2 Å². The van der Waals surface area contributed by atoms with Crippen LogP contribution in [0.25, 0.3) is 0 Å². The number of carbonyl (C=O) groups is 4. The second-order valence-corrected chi connectivity index (χ2v) is 7.22. The number of benzene rings is 1. The molecule has 9 nitrogen and oxygen atoms in total. The number of imide groups is 1. The number of nitrogens with one attached hydrogen (secondary N) is 2.